The highest BCUT2D eigenvalue weighted by atomic mass is 16.6. The second kappa shape index (κ2) is 6.57. The van der Waals surface area contributed by atoms with E-state index in [0.29, 0.717) is 0 Å². The number of amidine groups is 1. The zero-order valence-corrected chi connectivity index (χ0v) is 13.2. The molecule has 0 aliphatic carbocycles. The summed E-state index contributed by atoms with van der Waals surface area (Å²) in [6.07, 6.45) is -5.40. The van der Waals surface area contributed by atoms with Crippen molar-refractivity contribution < 1.29 is 39.0 Å². The van der Waals surface area contributed by atoms with Gasteiger partial charge in [0.25, 0.3) is 11.5 Å². The summed E-state index contributed by atoms with van der Waals surface area (Å²) >= 11 is 0. The van der Waals surface area contributed by atoms with Gasteiger partial charge in [-0.2, -0.15) is 14.4 Å². The van der Waals surface area contributed by atoms with Crippen molar-refractivity contribution >= 4 is 29.4 Å². The fraction of sp³-hybridized carbons (Fsp3) is 0.615. The first-order chi connectivity index (χ1) is 11.9. The van der Waals surface area contributed by atoms with E-state index in [1.165, 1.54) is 7.11 Å². The number of urea groups is 1. The average Bonchev–Trinajstić information content (AvgIpc) is 3.00. The molecule has 0 aromatic heterocycles. The lowest BCUT2D eigenvalue weighted by molar-refractivity contribution is -0.432. The van der Waals surface area contributed by atoms with Crippen LogP contribution in [0.25, 0.3) is 0 Å². The number of ether oxygens (including phenoxy) is 2. The number of methoxy groups -OCH3 is 1. The normalized spacial score (nSPS) is 32.2. The van der Waals surface area contributed by atoms with Crippen LogP contribution in [0.2, 0.25) is 0 Å². The third-order valence-electron chi connectivity index (χ3n) is 4.10. The number of nitrogens with one attached hydrogen (secondary N) is 2. The molecule has 1 fully saturated rings. The van der Waals surface area contributed by atoms with Gasteiger partial charge in [-0.1, -0.05) is 0 Å². The fourth-order valence-electron chi connectivity index (χ4n) is 2.90. The number of aliphatic hydroxyl groups is 3. The molecule has 3 amide bonds. The van der Waals surface area contributed by atoms with E-state index in [1.54, 1.807) is 0 Å². The number of amides is 3. The fourth-order valence-corrected chi connectivity index (χ4v) is 2.90. The molecule has 12 heteroatoms. The molecule has 136 valence electrons. The van der Waals surface area contributed by atoms with Crippen molar-refractivity contribution in [2.24, 2.45) is 4.99 Å². The second-order valence-electron chi connectivity index (χ2n) is 5.61. The Bertz CT molecular complexity index is 690. The van der Waals surface area contributed by atoms with E-state index in [9.17, 15) is 24.9 Å². The van der Waals surface area contributed by atoms with Gasteiger partial charge in [0.2, 0.25) is 12.2 Å². The Morgan fingerprint density at radius 1 is 1.40 bits per heavy atom. The molecule has 4 atom stereocenters. The molecule has 3 aliphatic rings. The highest BCUT2D eigenvalue weighted by Crippen LogP contribution is 2.27. The molecule has 3 heterocycles. The van der Waals surface area contributed by atoms with Crippen molar-refractivity contribution in [2.45, 2.75) is 24.5 Å². The number of nitrogens with zero attached hydrogens (tertiary/aromatic N) is 3. The van der Waals surface area contributed by atoms with Crippen LogP contribution in [-0.4, -0.2) is 106 Å². The molecular weight excluding hydrogens is 338 g/mol. The van der Waals surface area contributed by atoms with Crippen molar-refractivity contribution in [1.29, 1.82) is 5.41 Å². The maximum Gasteiger partial charge on any atom is 0.502 e. The number of rotatable bonds is 5. The number of hydrogen-bond acceptors (Lipinski definition) is 8. The van der Waals surface area contributed by atoms with E-state index >= 15 is 0 Å². The maximum absolute atomic E-state index is 12.8. The summed E-state index contributed by atoms with van der Waals surface area (Å²) in [5.41, 5.74) is -0.101. The van der Waals surface area contributed by atoms with Gasteiger partial charge < -0.3 is 24.8 Å². The second-order valence-corrected chi connectivity index (χ2v) is 5.61. The molecule has 3 rings (SSSR count). The molecule has 25 heavy (non-hydrogen) atoms. The first-order valence-corrected chi connectivity index (χ1v) is 7.48. The van der Waals surface area contributed by atoms with Gasteiger partial charge in [0.1, 0.15) is 24.9 Å². The molecule has 0 saturated carbocycles. The quantitative estimate of drug-likeness (QED) is 0.317. The highest BCUT2D eigenvalue weighted by Gasteiger charge is 2.60. The van der Waals surface area contributed by atoms with Gasteiger partial charge >= 0.3 is 11.9 Å². The number of guanidine groups is 1. The monoisotopic (exact) mass is 356 g/mol. The first kappa shape index (κ1) is 17.6. The minimum atomic E-state index is -1.52. The number of hydrogen-bond donors (Lipinski definition) is 5. The Hall–Kier alpha value is -2.25. The van der Waals surface area contributed by atoms with E-state index in [4.69, 9.17) is 14.9 Å². The van der Waals surface area contributed by atoms with E-state index in [0.717, 1.165) is 9.48 Å². The number of aliphatic hydroxyl groups excluding tert-OH is 3. The summed E-state index contributed by atoms with van der Waals surface area (Å²) in [5.74, 6) is -1.33. The van der Waals surface area contributed by atoms with Crippen molar-refractivity contribution in [1.82, 2.24) is 10.2 Å². The van der Waals surface area contributed by atoms with Crippen LogP contribution in [0.3, 0.4) is 0 Å². The van der Waals surface area contributed by atoms with E-state index < -0.39 is 49.0 Å². The summed E-state index contributed by atoms with van der Waals surface area (Å²) in [5, 5.41) is 39.0. The molecule has 3 aliphatic heterocycles. The zero-order chi connectivity index (χ0) is 18.3. The first-order valence-electron chi connectivity index (χ1n) is 7.48. The summed E-state index contributed by atoms with van der Waals surface area (Å²) < 4.78 is 11.4. The predicted octanol–water partition coefficient (Wildman–Crippen LogP) is -3.58. The van der Waals surface area contributed by atoms with E-state index in [2.05, 4.69) is 10.3 Å². The van der Waals surface area contributed by atoms with Gasteiger partial charge in [-0.15, -0.1) is 4.90 Å². The van der Waals surface area contributed by atoms with Gasteiger partial charge in [0, 0.05) is 7.11 Å². The Kier molecular flexibility index (Phi) is 4.62. The van der Waals surface area contributed by atoms with Crippen LogP contribution < -0.4 is 5.32 Å². The molecule has 0 radical (unpaired) electrons. The molecule has 0 aromatic rings. The third kappa shape index (κ3) is 2.73. The summed E-state index contributed by atoms with van der Waals surface area (Å²) in [4.78, 5) is 29.7. The SMILES string of the molecule is COCC[N+]1=C2C(=O)NC(=N)N=C2N([C@@H]2O[C@H](CO)[C@@H](O)[C@H]2O)C1=O. The van der Waals surface area contributed by atoms with Crippen LogP contribution >= 0.6 is 0 Å². The Morgan fingerprint density at radius 2 is 2.12 bits per heavy atom. The number of carbonyl (C=O) groups excluding carboxylic acids is 2. The van der Waals surface area contributed by atoms with Gasteiger partial charge in [-0.05, 0) is 0 Å². The lowest BCUT2D eigenvalue weighted by atomic mass is 10.1. The Balaban J connectivity index is 2.01. The van der Waals surface area contributed by atoms with Gasteiger partial charge in [0.05, 0.1) is 13.2 Å². The average molecular weight is 356 g/mol. The maximum atomic E-state index is 12.8. The van der Waals surface area contributed by atoms with Gasteiger partial charge in [-0.3, -0.25) is 15.5 Å². The largest absolute Gasteiger partial charge is 0.502 e. The van der Waals surface area contributed by atoms with E-state index in [1.807, 2.05) is 0 Å². The molecule has 1 saturated heterocycles. The summed E-state index contributed by atoms with van der Waals surface area (Å²) in [6, 6.07) is -0.717. The summed E-state index contributed by atoms with van der Waals surface area (Å²) in [7, 11) is 1.43. The van der Waals surface area contributed by atoms with Crippen LogP contribution in [0.4, 0.5) is 4.79 Å². The smallest absolute Gasteiger partial charge is 0.394 e. The third-order valence-corrected chi connectivity index (χ3v) is 4.10. The molecule has 5 N–H and O–H groups in total. The topological polar surface area (TPSA) is 168 Å². The van der Waals surface area contributed by atoms with E-state index in [-0.39, 0.29) is 24.7 Å². The zero-order valence-electron chi connectivity index (χ0n) is 13.2. The predicted molar refractivity (Wildman–Crippen MR) is 80.3 cm³/mol. The van der Waals surface area contributed by atoms with Crippen LogP contribution in [0.5, 0.6) is 0 Å². The number of fused-ring (bicyclic) bond motifs is 1. The van der Waals surface area contributed by atoms with Crippen LogP contribution in [-0.2, 0) is 14.3 Å². The van der Waals surface area contributed by atoms with Crippen molar-refractivity contribution in [3.8, 4) is 0 Å². The molecule has 0 aromatic carbocycles. The molecule has 12 nitrogen and oxygen atoms in total. The molecule has 0 spiro atoms. The lowest BCUT2D eigenvalue weighted by Crippen LogP contribution is -2.53. The van der Waals surface area contributed by atoms with Crippen molar-refractivity contribution in [2.75, 3.05) is 26.9 Å². The Labute approximate surface area is 141 Å². The highest BCUT2D eigenvalue weighted by molar-refractivity contribution is 6.70. The molecule has 0 bridgehead atoms. The van der Waals surface area contributed by atoms with Crippen LogP contribution in [0.15, 0.2) is 4.99 Å². The lowest BCUT2D eigenvalue weighted by Gasteiger charge is -2.20. The molecular formula is C13H18N5O7+. The van der Waals surface area contributed by atoms with Crippen LogP contribution in [0.1, 0.15) is 0 Å². The Morgan fingerprint density at radius 3 is 2.72 bits per heavy atom. The van der Waals surface area contributed by atoms with Gasteiger partial charge in [-0.25, -0.2) is 0 Å². The summed E-state index contributed by atoms with van der Waals surface area (Å²) in [6.45, 7) is -0.393. The van der Waals surface area contributed by atoms with Crippen molar-refractivity contribution in [3.63, 3.8) is 0 Å². The standard InChI is InChI=1S/C13H17N5O7/c1-24-3-2-17-6-9(15-12(14)16-10(6)22)18(13(17)23)11-8(21)7(20)5(4-19)25-11/h5,7-8,11,19-21H,2-4H2,1H3,(H-,14,16,22)/p+1/t5-,7-,8-,11-/m1/s1. The minimum Gasteiger partial charge on any atom is -0.394 e. The number of carbonyl (C=O) groups is 2. The van der Waals surface area contributed by atoms with Crippen LogP contribution in [0, 0.1) is 5.41 Å². The van der Waals surface area contributed by atoms with Crippen molar-refractivity contribution in [3.05, 3.63) is 0 Å². The number of aliphatic imine (C=N–C) groups is 1. The molecule has 0 unspecified atom stereocenters. The van der Waals surface area contributed by atoms with Gasteiger partial charge in [0.15, 0.2) is 0 Å². The minimum absolute atomic E-state index is 0.0374.